The van der Waals surface area contributed by atoms with Crippen LogP contribution < -0.4 is 0 Å². The highest BCUT2D eigenvalue weighted by atomic mass is 16.5. The molecule has 29 heavy (non-hydrogen) atoms. The Morgan fingerprint density at radius 1 is 0.931 bits per heavy atom. The first-order chi connectivity index (χ1) is 14.1. The van der Waals surface area contributed by atoms with Crippen LogP contribution in [-0.4, -0.2) is 34.2 Å². The highest BCUT2D eigenvalue weighted by molar-refractivity contribution is 5.45. The third kappa shape index (κ3) is 3.31. The van der Waals surface area contributed by atoms with Gasteiger partial charge in [-0.05, 0) is 43.5 Å². The first kappa shape index (κ1) is 18.6. The second kappa shape index (κ2) is 7.13. The van der Waals surface area contributed by atoms with Crippen molar-refractivity contribution < 1.29 is 9.84 Å². The van der Waals surface area contributed by atoms with Gasteiger partial charge in [-0.2, -0.15) is 0 Å². The Labute approximate surface area is 172 Å². The number of piperidine rings is 1. The maximum absolute atomic E-state index is 11.2. The van der Waals surface area contributed by atoms with Gasteiger partial charge in [-0.15, -0.1) is 0 Å². The topological polar surface area (TPSA) is 37.6 Å². The van der Waals surface area contributed by atoms with Crippen LogP contribution in [0.5, 0.6) is 0 Å². The summed E-state index contributed by atoms with van der Waals surface area (Å²) in [5, 5.41) is 11.2. The van der Waals surface area contributed by atoms with Gasteiger partial charge in [0.1, 0.15) is 5.60 Å². The Hall–Kier alpha value is -2.40. The molecule has 1 atom stereocenters. The Morgan fingerprint density at radius 3 is 2.45 bits per heavy atom. The number of para-hydroxylation sites is 1. The van der Waals surface area contributed by atoms with Crippen molar-refractivity contribution >= 4 is 0 Å². The summed E-state index contributed by atoms with van der Waals surface area (Å²) < 4.78 is 8.79. The van der Waals surface area contributed by atoms with Crippen molar-refractivity contribution in [3.63, 3.8) is 0 Å². The number of nitrogens with zero attached hydrogens (tertiary/aromatic N) is 2. The summed E-state index contributed by atoms with van der Waals surface area (Å²) in [6.07, 6.45) is 3.62. The number of aromatic nitrogens is 1. The molecule has 1 aromatic heterocycles. The number of ether oxygens (including phenoxy) is 1. The lowest BCUT2D eigenvalue weighted by Crippen LogP contribution is -2.48. The minimum Gasteiger partial charge on any atom is -0.385 e. The van der Waals surface area contributed by atoms with Crippen molar-refractivity contribution in [3.8, 4) is 5.69 Å². The summed E-state index contributed by atoms with van der Waals surface area (Å²) >= 11 is 0. The fourth-order valence-electron chi connectivity index (χ4n) is 4.87. The van der Waals surface area contributed by atoms with Gasteiger partial charge in [0.05, 0.1) is 23.6 Å². The number of fused-ring (bicyclic) bond motifs is 3. The maximum Gasteiger partial charge on any atom is 0.119 e. The molecular weight excluding hydrogens is 360 g/mol. The van der Waals surface area contributed by atoms with Crippen molar-refractivity contribution in [1.82, 2.24) is 9.47 Å². The predicted octanol–water partition coefficient (Wildman–Crippen LogP) is 4.21. The third-order valence-electron chi connectivity index (χ3n) is 6.61. The second-order valence-electron chi connectivity index (χ2n) is 8.59. The van der Waals surface area contributed by atoms with Gasteiger partial charge in [0.25, 0.3) is 0 Å². The van der Waals surface area contributed by atoms with E-state index in [-0.39, 0.29) is 0 Å². The third-order valence-corrected chi connectivity index (χ3v) is 6.61. The molecule has 1 fully saturated rings. The molecule has 2 aromatic carbocycles. The highest BCUT2D eigenvalue weighted by Crippen LogP contribution is 2.37. The summed E-state index contributed by atoms with van der Waals surface area (Å²) in [5.74, 6) is 0. The molecule has 1 saturated heterocycles. The molecular formula is C25H28N2O2. The van der Waals surface area contributed by atoms with Crippen LogP contribution in [-0.2, 0) is 22.5 Å². The molecule has 0 amide bonds. The Morgan fingerprint density at radius 2 is 1.66 bits per heavy atom. The molecule has 3 heterocycles. The maximum atomic E-state index is 11.2. The van der Waals surface area contributed by atoms with E-state index >= 15 is 0 Å². The average molecular weight is 389 g/mol. The highest BCUT2D eigenvalue weighted by Gasteiger charge is 2.39. The standard InChI is InChI=1S/C25H28N2O2/c1-24(19-26-16-13-25(28,14-17-26)21-9-3-2-4-10-21)23-12-7-15-27(23)22-11-6-5-8-20(22)18-29-24/h2-12,15,28H,13-14,16-19H2,1H3. The average Bonchev–Trinajstić information content (AvgIpc) is 3.22. The summed E-state index contributed by atoms with van der Waals surface area (Å²) in [6.45, 7) is 5.34. The number of likely N-dealkylation sites (tertiary alicyclic amines) is 1. The van der Waals surface area contributed by atoms with Crippen LogP contribution >= 0.6 is 0 Å². The first-order valence-electron chi connectivity index (χ1n) is 10.5. The van der Waals surface area contributed by atoms with E-state index in [1.807, 2.05) is 30.3 Å². The van der Waals surface area contributed by atoms with Crippen molar-refractivity contribution in [2.24, 2.45) is 0 Å². The van der Waals surface area contributed by atoms with E-state index in [2.05, 4.69) is 59.0 Å². The second-order valence-corrected chi connectivity index (χ2v) is 8.59. The number of hydrogen-bond acceptors (Lipinski definition) is 3. The summed E-state index contributed by atoms with van der Waals surface area (Å²) in [4.78, 5) is 2.44. The molecule has 4 heteroatoms. The first-order valence-corrected chi connectivity index (χ1v) is 10.5. The summed E-state index contributed by atoms with van der Waals surface area (Å²) in [5.41, 5.74) is 3.51. The van der Waals surface area contributed by atoms with Crippen molar-refractivity contribution in [1.29, 1.82) is 0 Å². The molecule has 2 aliphatic rings. The number of aliphatic hydroxyl groups is 1. The zero-order valence-electron chi connectivity index (χ0n) is 16.9. The van der Waals surface area contributed by atoms with E-state index in [4.69, 9.17) is 4.74 Å². The minimum atomic E-state index is -0.723. The summed E-state index contributed by atoms with van der Waals surface area (Å²) in [7, 11) is 0. The molecule has 0 bridgehead atoms. The van der Waals surface area contributed by atoms with Gasteiger partial charge in [-0.25, -0.2) is 0 Å². The molecule has 5 rings (SSSR count). The molecule has 0 saturated carbocycles. The van der Waals surface area contributed by atoms with E-state index in [0.29, 0.717) is 6.61 Å². The van der Waals surface area contributed by atoms with Crippen LogP contribution in [0.4, 0.5) is 0 Å². The quantitative estimate of drug-likeness (QED) is 0.731. The zero-order valence-corrected chi connectivity index (χ0v) is 16.9. The van der Waals surface area contributed by atoms with E-state index in [0.717, 1.165) is 38.0 Å². The van der Waals surface area contributed by atoms with Crippen molar-refractivity contribution in [3.05, 3.63) is 89.7 Å². The fraction of sp³-hybridized carbons (Fsp3) is 0.360. The Kier molecular flexibility index (Phi) is 4.58. The lowest BCUT2D eigenvalue weighted by Gasteiger charge is -2.42. The normalized spacial score (nSPS) is 23.8. The zero-order chi connectivity index (χ0) is 19.9. The van der Waals surface area contributed by atoms with Crippen LogP contribution in [0.2, 0.25) is 0 Å². The Balaban J connectivity index is 1.35. The van der Waals surface area contributed by atoms with Crippen LogP contribution in [0.25, 0.3) is 5.69 Å². The number of hydrogen-bond donors (Lipinski definition) is 1. The van der Waals surface area contributed by atoms with Crippen molar-refractivity contribution in [2.45, 2.75) is 37.6 Å². The van der Waals surface area contributed by atoms with Gasteiger partial charge < -0.3 is 14.4 Å². The monoisotopic (exact) mass is 388 g/mol. The van der Waals surface area contributed by atoms with E-state index < -0.39 is 11.2 Å². The molecule has 0 radical (unpaired) electrons. The van der Waals surface area contributed by atoms with E-state index in [1.54, 1.807) is 0 Å². The minimum absolute atomic E-state index is 0.398. The molecule has 2 aliphatic heterocycles. The predicted molar refractivity (Wildman–Crippen MR) is 114 cm³/mol. The molecule has 1 unspecified atom stereocenters. The lowest BCUT2D eigenvalue weighted by atomic mass is 9.84. The van der Waals surface area contributed by atoms with Gasteiger partial charge in [0.15, 0.2) is 0 Å². The molecule has 0 spiro atoms. The van der Waals surface area contributed by atoms with Gasteiger partial charge in [-0.1, -0.05) is 48.5 Å². The van der Waals surface area contributed by atoms with Gasteiger partial charge in [-0.3, -0.25) is 4.90 Å². The molecule has 4 nitrogen and oxygen atoms in total. The van der Waals surface area contributed by atoms with Crippen LogP contribution in [0.3, 0.4) is 0 Å². The van der Waals surface area contributed by atoms with E-state index in [9.17, 15) is 5.11 Å². The van der Waals surface area contributed by atoms with Gasteiger partial charge in [0, 0.05) is 31.4 Å². The number of rotatable bonds is 3. The van der Waals surface area contributed by atoms with Crippen LogP contribution in [0.1, 0.15) is 36.6 Å². The van der Waals surface area contributed by atoms with Gasteiger partial charge in [0.2, 0.25) is 0 Å². The van der Waals surface area contributed by atoms with Gasteiger partial charge >= 0.3 is 0 Å². The smallest absolute Gasteiger partial charge is 0.119 e. The van der Waals surface area contributed by atoms with Crippen LogP contribution in [0.15, 0.2) is 72.9 Å². The Bertz CT molecular complexity index is 989. The largest absolute Gasteiger partial charge is 0.385 e. The molecule has 1 N–H and O–H groups in total. The molecule has 150 valence electrons. The summed E-state index contributed by atoms with van der Waals surface area (Å²) in [6, 6.07) is 22.8. The number of benzene rings is 2. The fourth-order valence-corrected chi connectivity index (χ4v) is 4.87. The van der Waals surface area contributed by atoms with Crippen molar-refractivity contribution in [2.75, 3.05) is 19.6 Å². The molecule has 3 aromatic rings. The lowest BCUT2D eigenvalue weighted by molar-refractivity contribution is -0.0895. The SMILES string of the molecule is CC1(CN2CCC(O)(c3ccccc3)CC2)OCc2ccccc2-n2cccc21. The van der Waals surface area contributed by atoms with E-state index in [1.165, 1.54) is 16.9 Å². The molecule has 0 aliphatic carbocycles. The van der Waals surface area contributed by atoms with Crippen LogP contribution in [0, 0.1) is 0 Å².